The third-order valence-electron chi connectivity index (χ3n) is 1.23. The minimum Gasteiger partial charge on any atom is -0.296 e. The molecule has 1 aromatic rings. The molecule has 11 heavy (non-hydrogen) atoms. The Balaban J connectivity index is 3.21. The summed E-state index contributed by atoms with van der Waals surface area (Å²) in [6.45, 7) is 0. The highest BCUT2D eigenvalue weighted by molar-refractivity contribution is 9.23. The van der Waals surface area contributed by atoms with Gasteiger partial charge in [-0.25, -0.2) is 8.78 Å². The van der Waals surface area contributed by atoms with Crippen LogP contribution >= 0.6 is 24.5 Å². The first-order valence-corrected chi connectivity index (χ1v) is 7.83. The SMILES string of the molecule is Fc1cc(Cl)[c]([Mg][Br])cc1F. The van der Waals surface area contributed by atoms with Crippen molar-refractivity contribution >= 4 is 46.4 Å². The van der Waals surface area contributed by atoms with Crippen molar-refractivity contribution in [3.8, 4) is 0 Å². The molecule has 0 saturated carbocycles. The number of hydrogen-bond acceptors (Lipinski definition) is 0. The third kappa shape index (κ3) is 2.27. The monoisotopic (exact) mass is 250 g/mol. The molecule has 0 heterocycles. The minimum absolute atomic E-state index is 0.299. The van der Waals surface area contributed by atoms with E-state index in [1.165, 1.54) is 0 Å². The van der Waals surface area contributed by atoms with E-state index in [0.717, 1.165) is 12.1 Å². The third-order valence-corrected chi connectivity index (χ3v) is 4.49. The van der Waals surface area contributed by atoms with Crippen LogP contribution in [0.1, 0.15) is 0 Å². The Bertz CT molecular complexity index is 280. The molecule has 56 valence electrons. The molecule has 0 radical (unpaired) electrons. The quantitative estimate of drug-likeness (QED) is 0.531. The van der Waals surface area contributed by atoms with Gasteiger partial charge in [-0.1, -0.05) is 11.6 Å². The molecular formula is C6H2BrClF2Mg. The van der Waals surface area contributed by atoms with Gasteiger partial charge in [0.1, 0.15) is 0 Å². The fraction of sp³-hybridized carbons (Fsp3) is 0. The molecule has 0 spiro atoms. The van der Waals surface area contributed by atoms with E-state index in [1.807, 2.05) is 0 Å². The second-order valence-electron chi connectivity index (χ2n) is 1.99. The Hall–Kier alpha value is 0.616. The van der Waals surface area contributed by atoms with Crippen molar-refractivity contribution < 1.29 is 8.78 Å². The summed E-state index contributed by atoms with van der Waals surface area (Å²) in [5, 5.41) is 0.299. The largest absolute Gasteiger partial charge is 0.509 e. The van der Waals surface area contributed by atoms with Crippen LogP contribution in [-0.2, 0) is 0 Å². The first kappa shape index (κ1) is 9.70. The first-order chi connectivity index (χ1) is 5.15. The van der Waals surface area contributed by atoms with Crippen LogP contribution in [0.3, 0.4) is 0 Å². The molecule has 0 fully saturated rings. The smallest absolute Gasteiger partial charge is 0.296 e. The Morgan fingerprint density at radius 1 is 1.27 bits per heavy atom. The maximum atomic E-state index is 12.5. The number of rotatable bonds is 1. The van der Waals surface area contributed by atoms with Crippen molar-refractivity contribution in [2.75, 3.05) is 0 Å². The molecule has 0 atom stereocenters. The summed E-state index contributed by atoms with van der Waals surface area (Å²) in [5.74, 6) is -1.73. The van der Waals surface area contributed by atoms with Crippen LogP contribution < -0.4 is 3.69 Å². The van der Waals surface area contributed by atoms with Crippen LogP contribution in [0.5, 0.6) is 0 Å². The van der Waals surface area contributed by atoms with E-state index in [1.54, 1.807) is 0 Å². The van der Waals surface area contributed by atoms with E-state index < -0.39 is 29.8 Å². The predicted molar refractivity (Wildman–Crippen MR) is 45.7 cm³/mol. The van der Waals surface area contributed by atoms with E-state index in [9.17, 15) is 8.78 Å². The molecule has 0 nitrogen and oxygen atoms in total. The van der Waals surface area contributed by atoms with Crippen molar-refractivity contribution in [2.45, 2.75) is 0 Å². The van der Waals surface area contributed by atoms with Crippen molar-refractivity contribution in [1.82, 2.24) is 0 Å². The summed E-state index contributed by atoms with van der Waals surface area (Å²) < 4.78 is 25.6. The molecule has 0 N–H and O–H groups in total. The van der Waals surface area contributed by atoms with Gasteiger partial charge in [-0.05, 0) is 12.1 Å². The van der Waals surface area contributed by atoms with Gasteiger partial charge in [-0.15, -0.1) is 3.69 Å². The summed E-state index contributed by atoms with van der Waals surface area (Å²) in [4.78, 5) is 0. The highest BCUT2D eigenvalue weighted by atomic mass is 79.9. The van der Waals surface area contributed by atoms with Crippen LogP contribution in [0, 0.1) is 11.6 Å². The molecule has 5 heteroatoms. The van der Waals surface area contributed by atoms with Gasteiger partial charge < -0.3 is 0 Å². The van der Waals surface area contributed by atoms with Gasteiger partial charge in [-0.3, -0.25) is 12.9 Å². The second-order valence-corrected chi connectivity index (χ2v) is 5.11. The molecule has 0 aliphatic heterocycles. The summed E-state index contributed by atoms with van der Waals surface area (Å²) in [7, 11) is 0. The summed E-state index contributed by atoms with van der Waals surface area (Å²) in [6.07, 6.45) is 0. The summed E-state index contributed by atoms with van der Waals surface area (Å²) >= 11 is 8.13. The van der Waals surface area contributed by atoms with Crippen LogP contribution in [0.25, 0.3) is 0 Å². The molecule has 0 unspecified atom stereocenters. The normalized spacial score (nSPS) is 9.45. The fourth-order valence-electron chi connectivity index (χ4n) is 0.666. The second kappa shape index (κ2) is 4.03. The van der Waals surface area contributed by atoms with E-state index in [0.29, 0.717) is 8.72 Å². The Morgan fingerprint density at radius 3 is 2.36 bits per heavy atom. The number of benzene rings is 1. The lowest BCUT2D eigenvalue weighted by Crippen LogP contribution is -2.11. The molecule has 1 rings (SSSR count). The maximum absolute atomic E-state index is 12.5. The Kier molecular flexibility index (Phi) is 3.55. The lowest BCUT2D eigenvalue weighted by atomic mass is 10.3. The molecule has 0 saturated heterocycles. The van der Waals surface area contributed by atoms with Gasteiger partial charge in [0.05, 0.1) is 0 Å². The zero-order chi connectivity index (χ0) is 8.43. The van der Waals surface area contributed by atoms with Crippen molar-refractivity contribution in [1.29, 1.82) is 0 Å². The lowest BCUT2D eigenvalue weighted by molar-refractivity contribution is 0.509. The van der Waals surface area contributed by atoms with E-state index in [4.69, 9.17) is 11.6 Å². The summed E-state index contributed by atoms with van der Waals surface area (Å²) in [5.41, 5.74) is 0. The molecule has 0 amide bonds. The van der Waals surface area contributed by atoms with Gasteiger partial charge in [0, 0.05) is 5.02 Å². The van der Waals surface area contributed by atoms with Crippen molar-refractivity contribution in [3.05, 3.63) is 28.8 Å². The summed E-state index contributed by atoms with van der Waals surface area (Å²) in [6, 6.07) is 2.14. The maximum Gasteiger partial charge on any atom is 0.509 e. The van der Waals surface area contributed by atoms with Crippen LogP contribution in [0.4, 0.5) is 8.78 Å². The van der Waals surface area contributed by atoms with Crippen molar-refractivity contribution in [2.24, 2.45) is 0 Å². The number of hydrogen-bond donors (Lipinski definition) is 0. The predicted octanol–water partition coefficient (Wildman–Crippen LogP) is 2.26. The van der Waals surface area contributed by atoms with Gasteiger partial charge in [0.15, 0.2) is 11.6 Å². The van der Waals surface area contributed by atoms with Crippen LogP contribution in [-0.4, -0.2) is 18.2 Å². The standard InChI is InChI=1S/C6H2ClF2.BrH.Mg/c7-4-1-2-5(8)6(9)3-4;;/h2-3H;1H;/q;;+1/p-1. The highest BCUT2D eigenvalue weighted by Gasteiger charge is 2.07. The fourth-order valence-corrected chi connectivity index (χ4v) is 3.38. The molecule has 1 aromatic carbocycles. The average Bonchev–Trinajstić information content (AvgIpc) is 1.97. The highest BCUT2D eigenvalue weighted by Crippen LogP contribution is 2.11. The molecule has 0 aliphatic carbocycles. The topological polar surface area (TPSA) is 0 Å². The van der Waals surface area contributed by atoms with Gasteiger partial charge >= 0.3 is 18.2 Å². The van der Waals surface area contributed by atoms with Crippen LogP contribution in [0.2, 0.25) is 5.02 Å². The van der Waals surface area contributed by atoms with Gasteiger partial charge in [0.25, 0.3) is 0 Å². The molecule has 0 bridgehead atoms. The zero-order valence-corrected chi connectivity index (χ0v) is 9.13. The first-order valence-electron chi connectivity index (χ1n) is 2.84. The Labute approximate surface area is 83.5 Å². The van der Waals surface area contributed by atoms with E-state index in [2.05, 4.69) is 12.9 Å². The minimum atomic E-state index is -0.895. The van der Waals surface area contributed by atoms with E-state index >= 15 is 0 Å². The van der Waals surface area contributed by atoms with E-state index in [-0.39, 0.29) is 0 Å². The molecule has 0 aliphatic rings. The lowest BCUT2D eigenvalue weighted by Gasteiger charge is -2.00. The molecular weight excluding hydrogens is 250 g/mol. The molecule has 0 aromatic heterocycles. The Morgan fingerprint density at radius 2 is 1.82 bits per heavy atom. The number of halogens is 4. The van der Waals surface area contributed by atoms with Crippen LogP contribution in [0.15, 0.2) is 12.1 Å². The zero-order valence-electron chi connectivity index (χ0n) is 5.37. The van der Waals surface area contributed by atoms with Gasteiger partial charge in [-0.2, -0.15) is 0 Å². The average molecular weight is 252 g/mol. The van der Waals surface area contributed by atoms with Gasteiger partial charge in [0.2, 0.25) is 0 Å². The van der Waals surface area contributed by atoms with Crippen molar-refractivity contribution in [3.63, 3.8) is 0 Å².